The van der Waals surface area contributed by atoms with Crippen molar-refractivity contribution in [3.05, 3.63) is 40.6 Å². The van der Waals surface area contributed by atoms with Crippen LogP contribution >= 0.6 is 11.3 Å². The normalized spacial score (nSPS) is 11.2. The Morgan fingerprint density at radius 3 is 2.55 bits per heavy atom. The molecule has 1 aromatic heterocycles. The summed E-state index contributed by atoms with van der Waals surface area (Å²) in [4.78, 5) is 12.1. The molecule has 8 heteroatoms. The molecule has 0 radical (unpaired) electrons. The third-order valence-corrected chi connectivity index (χ3v) is 3.19. The molecule has 1 amide bonds. The number of carbonyl (C=O) groups is 1. The highest BCUT2D eigenvalue weighted by molar-refractivity contribution is 7.12. The van der Waals surface area contributed by atoms with Gasteiger partial charge in [-0.1, -0.05) is 12.1 Å². The number of halogens is 3. The molecule has 106 valence electrons. The van der Waals surface area contributed by atoms with E-state index < -0.39 is 18.0 Å². The lowest BCUT2D eigenvalue weighted by Gasteiger charge is -2.13. The van der Waals surface area contributed by atoms with Crippen molar-refractivity contribution in [1.29, 1.82) is 0 Å². The van der Waals surface area contributed by atoms with E-state index in [-0.39, 0.29) is 16.3 Å². The number of hydrogen-bond acceptors (Lipinski definition) is 4. The fraction of sp³-hybridized carbons (Fsp3) is 0.0833. The first-order valence-electron chi connectivity index (χ1n) is 5.36. The maximum absolute atomic E-state index is 12.2. The van der Waals surface area contributed by atoms with Crippen LogP contribution < -0.4 is 15.8 Å². The van der Waals surface area contributed by atoms with Crippen LogP contribution in [0, 0.1) is 0 Å². The first-order chi connectivity index (χ1) is 9.37. The fourth-order valence-electron chi connectivity index (χ4n) is 1.47. The molecule has 1 heterocycles. The summed E-state index contributed by atoms with van der Waals surface area (Å²) in [5.41, 5.74) is 5.76. The largest absolute Gasteiger partial charge is 0.573 e. The van der Waals surface area contributed by atoms with E-state index in [1.807, 2.05) is 0 Å². The molecule has 0 saturated heterocycles. The number of thiophene rings is 1. The van der Waals surface area contributed by atoms with Gasteiger partial charge >= 0.3 is 6.36 Å². The smallest absolute Gasteiger partial charge is 0.404 e. The van der Waals surface area contributed by atoms with Gasteiger partial charge in [-0.15, -0.1) is 24.5 Å². The first kappa shape index (κ1) is 14.2. The predicted molar refractivity (Wildman–Crippen MR) is 69.8 cm³/mol. The van der Waals surface area contributed by atoms with E-state index in [1.54, 1.807) is 5.38 Å². The Morgan fingerprint density at radius 2 is 1.95 bits per heavy atom. The summed E-state index contributed by atoms with van der Waals surface area (Å²) in [6, 6.07) is 6.81. The Balaban J connectivity index is 2.22. The van der Waals surface area contributed by atoms with Gasteiger partial charge in [0.1, 0.15) is 4.88 Å². The standard InChI is InChI=1S/C12H9F3N2O2S/c13-12(14,15)19-9-4-2-1-3-8(9)17-11(18)10-7(16)5-6-20-10/h1-6H,16H2,(H,17,18). The van der Waals surface area contributed by atoms with Crippen LogP contribution in [0.2, 0.25) is 0 Å². The third-order valence-electron chi connectivity index (χ3n) is 2.26. The van der Waals surface area contributed by atoms with Crippen molar-refractivity contribution in [1.82, 2.24) is 0 Å². The number of hydrogen-bond donors (Lipinski definition) is 2. The summed E-state index contributed by atoms with van der Waals surface area (Å²) < 4.78 is 40.6. The van der Waals surface area contributed by atoms with E-state index in [0.29, 0.717) is 0 Å². The van der Waals surface area contributed by atoms with Crippen molar-refractivity contribution < 1.29 is 22.7 Å². The van der Waals surface area contributed by atoms with E-state index in [9.17, 15) is 18.0 Å². The molecule has 0 aliphatic rings. The molecule has 20 heavy (non-hydrogen) atoms. The van der Waals surface area contributed by atoms with Crippen molar-refractivity contribution in [3.8, 4) is 5.75 Å². The molecular formula is C12H9F3N2O2S. The van der Waals surface area contributed by atoms with Gasteiger partial charge in [0.25, 0.3) is 5.91 Å². The average molecular weight is 302 g/mol. The maximum Gasteiger partial charge on any atom is 0.573 e. The first-order valence-corrected chi connectivity index (χ1v) is 6.24. The zero-order valence-corrected chi connectivity index (χ0v) is 10.7. The second-order valence-electron chi connectivity index (χ2n) is 3.70. The Kier molecular flexibility index (Phi) is 3.84. The summed E-state index contributed by atoms with van der Waals surface area (Å²) in [7, 11) is 0. The Hall–Kier alpha value is -2.22. The highest BCUT2D eigenvalue weighted by atomic mass is 32.1. The van der Waals surface area contributed by atoms with E-state index in [4.69, 9.17) is 5.73 Å². The second-order valence-corrected chi connectivity index (χ2v) is 4.62. The molecule has 0 atom stereocenters. The zero-order valence-electron chi connectivity index (χ0n) is 9.90. The van der Waals surface area contributed by atoms with E-state index in [0.717, 1.165) is 17.4 Å². The average Bonchev–Trinajstić information content (AvgIpc) is 2.76. The number of alkyl halides is 3. The summed E-state index contributed by atoms with van der Waals surface area (Å²) in [6.45, 7) is 0. The number of amides is 1. The minimum atomic E-state index is -4.83. The molecule has 0 aliphatic heterocycles. The lowest BCUT2D eigenvalue weighted by Crippen LogP contribution is -2.19. The monoisotopic (exact) mass is 302 g/mol. The SMILES string of the molecule is Nc1ccsc1C(=O)Nc1ccccc1OC(F)(F)F. The van der Waals surface area contributed by atoms with Crippen molar-refractivity contribution in [2.24, 2.45) is 0 Å². The molecule has 0 unspecified atom stereocenters. The number of anilines is 2. The number of carbonyl (C=O) groups excluding carboxylic acids is 1. The van der Waals surface area contributed by atoms with Gasteiger partial charge < -0.3 is 15.8 Å². The fourth-order valence-corrected chi connectivity index (χ4v) is 2.18. The van der Waals surface area contributed by atoms with Crippen molar-refractivity contribution in [3.63, 3.8) is 0 Å². The third kappa shape index (κ3) is 3.41. The number of rotatable bonds is 3. The minimum absolute atomic E-state index is 0.0809. The van der Waals surface area contributed by atoms with Gasteiger partial charge in [0.15, 0.2) is 5.75 Å². The van der Waals surface area contributed by atoms with Crippen LogP contribution in [0.5, 0.6) is 5.75 Å². The number of ether oxygens (including phenoxy) is 1. The molecule has 1 aromatic carbocycles. The number of nitrogens with two attached hydrogens (primary N) is 1. The Bertz CT molecular complexity index is 625. The summed E-state index contributed by atoms with van der Waals surface area (Å²) in [6.07, 6.45) is -4.83. The van der Waals surface area contributed by atoms with Gasteiger partial charge in [-0.3, -0.25) is 4.79 Å². The van der Waals surface area contributed by atoms with Gasteiger partial charge in [0, 0.05) is 0 Å². The van der Waals surface area contributed by atoms with Crippen LogP contribution in [-0.4, -0.2) is 12.3 Å². The van der Waals surface area contributed by atoms with Crippen LogP contribution in [0.4, 0.5) is 24.5 Å². The zero-order chi connectivity index (χ0) is 14.8. The lowest BCUT2D eigenvalue weighted by atomic mass is 10.3. The summed E-state index contributed by atoms with van der Waals surface area (Å²) in [5, 5.41) is 3.96. The minimum Gasteiger partial charge on any atom is -0.404 e. The topological polar surface area (TPSA) is 64.4 Å². The van der Waals surface area contributed by atoms with Gasteiger partial charge in [-0.05, 0) is 23.6 Å². The Labute approximate surface area is 116 Å². The van der Waals surface area contributed by atoms with E-state index >= 15 is 0 Å². The molecule has 0 bridgehead atoms. The predicted octanol–water partition coefficient (Wildman–Crippen LogP) is 3.48. The quantitative estimate of drug-likeness (QED) is 0.912. The molecule has 0 fully saturated rings. The molecule has 4 nitrogen and oxygen atoms in total. The molecule has 0 spiro atoms. The van der Waals surface area contributed by atoms with E-state index in [2.05, 4.69) is 10.1 Å². The van der Waals surface area contributed by atoms with Gasteiger partial charge in [-0.2, -0.15) is 0 Å². The molecule has 2 aromatic rings. The number of benzene rings is 1. The molecule has 0 aliphatic carbocycles. The summed E-state index contributed by atoms with van der Waals surface area (Å²) >= 11 is 1.10. The lowest BCUT2D eigenvalue weighted by molar-refractivity contribution is -0.274. The van der Waals surface area contributed by atoms with Gasteiger partial charge in [-0.25, -0.2) is 0 Å². The van der Waals surface area contributed by atoms with E-state index in [1.165, 1.54) is 24.3 Å². The van der Waals surface area contributed by atoms with Crippen LogP contribution in [0.3, 0.4) is 0 Å². The van der Waals surface area contributed by atoms with Crippen LogP contribution in [0.1, 0.15) is 9.67 Å². The number of para-hydroxylation sites is 2. The van der Waals surface area contributed by atoms with Gasteiger partial charge in [0.2, 0.25) is 0 Å². The molecule has 2 rings (SSSR count). The second kappa shape index (κ2) is 5.41. The molecule has 0 saturated carbocycles. The van der Waals surface area contributed by atoms with Crippen molar-refractivity contribution in [2.45, 2.75) is 6.36 Å². The summed E-state index contributed by atoms with van der Waals surface area (Å²) in [5.74, 6) is -1.07. The van der Waals surface area contributed by atoms with Crippen LogP contribution in [-0.2, 0) is 0 Å². The van der Waals surface area contributed by atoms with Crippen LogP contribution in [0.25, 0.3) is 0 Å². The number of nitrogens with one attached hydrogen (secondary N) is 1. The maximum atomic E-state index is 12.2. The van der Waals surface area contributed by atoms with Crippen LogP contribution in [0.15, 0.2) is 35.7 Å². The highest BCUT2D eigenvalue weighted by Crippen LogP contribution is 2.31. The molecular weight excluding hydrogens is 293 g/mol. The van der Waals surface area contributed by atoms with Gasteiger partial charge in [0.05, 0.1) is 11.4 Å². The van der Waals surface area contributed by atoms with Crippen molar-refractivity contribution >= 4 is 28.6 Å². The van der Waals surface area contributed by atoms with Crippen molar-refractivity contribution in [2.75, 3.05) is 11.1 Å². The highest BCUT2D eigenvalue weighted by Gasteiger charge is 2.32. The number of nitrogen functional groups attached to an aromatic ring is 1. The molecule has 3 N–H and O–H groups in total. The Morgan fingerprint density at radius 1 is 1.25 bits per heavy atom.